The molecule has 0 aliphatic heterocycles. The number of benzene rings is 3. The van der Waals surface area contributed by atoms with E-state index in [4.69, 9.17) is 21.1 Å². The number of carbonyl (C=O) groups excluding carboxylic acids is 1. The summed E-state index contributed by atoms with van der Waals surface area (Å²) < 4.78 is 13.6. The van der Waals surface area contributed by atoms with E-state index in [-0.39, 0.29) is 5.56 Å². The van der Waals surface area contributed by atoms with Gasteiger partial charge in [0.2, 0.25) is 0 Å². The fraction of sp³-hybridized carbons (Fsp3) is 0.231. The van der Waals surface area contributed by atoms with Gasteiger partial charge in [-0.3, -0.25) is 8.75 Å². The summed E-state index contributed by atoms with van der Waals surface area (Å²) in [7, 11) is 1.33. The van der Waals surface area contributed by atoms with Crippen molar-refractivity contribution in [1.29, 1.82) is 0 Å². The van der Waals surface area contributed by atoms with Gasteiger partial charge in [0.05, 0.1) is 27.8 Å². The van der Waals surface area contributed by atoms with E-state index >= 15 is 0 Å². The molecule has 0 atom stereocenters. The molecule has 0 radical (unpaired) electrons. The topological polar surface area (TPSA) is 57.5 Å². The lowest BCUT2D eigenvalue weighted by atomic mass is 10.0. The second-order valence-corrected chi connectivity index (χ2v) is 9.65. The molecule has 0 unspecified atom stereocenters. The first kappa shape index (κ1) is 23.1. The molecule has 4 aromatic rings. The van der Waals surface area contributed by atoms with Crippen LogP contribution in [-0.4, -0.2) is 17.0 Å². The van der Waals surface area contributed by atoms with Crippen LogP contribution < -0.4 is 10.3 Å². The molecule has 4 rings (SSSR count). The van der Waals surface area contributed by atoms with Crippen LogP contribution in [0.4, 0.5) is 0 Å². The maximum Gasteiger partial charge on any atom is 0.339 e. The lowest BCUT2D eigenvalue weighted by Gasteiger charge is -2.10. The highest BCUT2D eigenvalue weighted by Gasteiger charge is 2.13. The standard InChI is InChI=1S/C26H24ClNO4S/c1-16(2)14-28-25(29)21-9-8-20(13-24(21)33-28)32-15-17-5-4-6-18(11-17)19-7-10-23(27)22(12-19)26(30)31-3/h4-13,16H,14-15H2,1-3H3. The summed E-state index contributed by atoms with van der Waals surface area (Å²) in [5.74, 6) is 0.648. The molecule has 0 fully saturated rings. The zero-order valence-corrected chi connectivity index (χ0v) is 20.2. The highest BCUT2D eigenvalue weighted by molar-refractivity contribution is 7.13. The summed E-state index contributed by atoms with van der Waals surface area (Å²) in [6.45, 7) is 5.28. The maximum atomic E-state index is 12.5. The number of carbonyl (C=O) groups is 1. The Morgan fingerprint density at radius 2 is 1.85 bits per heavy atom. The van der Waals surface area contributed by atoms with E-state index in [1.807, 2.05) is 48.5 Å². The van der Waals surface area contributed by atoms with Gasteiger partial charge in [-0.05, 0) is 59.0 Å². The van der Waals surface area contributed by atoms with Crippen molar-refractivity contribution in [3.63, 3.8) is 0 Å². The van der Waals surface area contributed by atoms with Gasteiger partial charge in [-0.15, -0.1) is 0 Å². The summed E-state index contributed by atoms with van der Waals surface area (Å²) >= 11 is 7.61. The number of methoxy groups -OCH3 is 1. The predicted octanol–water partition coefficient (Wildman–Crippen LogP) is 6.41. The van der Waals surface area contributed by atoms with Crippen LogP contribution in [0.3, 0.4) is 0 Å². The van der Waals surface area contributed by atoms with Gasteiger partial charge in [0.15, 0.2) is 0 Å². The molecule has 1 aromatic heterocycles. The number of esters is 1. The van der Waals surface area contributed by atoms with E-state index in [0.717, 1.165) is 26.8 Å². The molecule has 3 aromatic carbocycles. The Morgan fingerprint density at radius 1 is 1.06 bits per heavy atom. The van der Waals surface area contributed by atoms with Crippen molar-refractivity contribution in [2.75, 3.05) is 7.11 Å². The van der Waals surface area contributed by atoms with Crippen LogP contribution in [0.15, 0.2) is 65.5 Å². The van der Waals surface area contributed by atoms with Crippen LogP contribution in [0.2, 0.25) is 5.02 Å². The first-order valence-corrected chi connectivity index (χ1v) is 11.7. The average Bonchev–Trinajstić information content (AvgIpc) is 3.11. The van der Waals surface area contributed by atoms with Gasteiger partial charge in [0.1, 0.15) is 12.4 Å². The van der Waals surface area contributed by atoms with Crippen LogP contribution in [0.5, 0.6) is 5.75 Å². The van der Waals surface area contributed by atoms with Gasteiger partial charge in [-0.25, -0.2) is 4.79 Å². The predicted molar refractivity (Wildman–Crippen MR) is 133 cm³/mol. The van der Waals surface area contributed by atoms with E-state index < -0.39 is 5.97 Å². The molecule has 33 heavy (non-hydrogen) atoms. The second kappa shape index (κ2) is 9.81. The molecule has 7 heteroatoms. The van der Waals surface area contributed by atoms with Gasteiger partial charge < -0.3 is 9.47 Å². The van der Waals surface area contributed by atoms with Gasteiger partial charge in [-0.2, -0.15) is 0 Å². The molecule has 0 bridgehead atoms. The molecule has 0 amide bonds. The molecule has 170 valence electrons. The van der Waals surface area contributed by atoms with Crippen molar-refractivity contribution >= 4 is 39.2 Å². The second-order valence-electron chi connectivity index (χ2n) is 8.18. The minimum Gasteiger partial charge on any atom is -0.489 e. The minimum atomic E-state index is -0.471. The van der Waals surface area contributed by atoms with Crippen molar-refractivity contribution in [1.82, 2.24) is 3.96 Å². The molecule has 0 saturated heterocycles. The number of ether oxygens (including phenoxy) is 2. The first-order chi connectivity index (χ1) is 15.9. The number of halogens is 1. The molecule has 0 aliphatic rings. The van der Waals surface area contributed by atoms with Crippen LogP contribution in [0, 0.1) is 5.92 Å². The summed E-state index contributed by atoms with van der Waals surface area (Å²) in [5.41, 5.74) is 3.16. The highest BCUT2D eigenvalue weighted by Crippen LogP contribution is 2.28. The summed E-state index contributed by atoms with van der Waals surface area (Å²) in [6.07, 6.45) is 0. The number of rotatable bonds is 7. The quantitative estimate of drug-likeness (QED) is 0.286. The van der Waals surface area contributed by atoms with Gasteiger partial charge in [0, 0.05) is 6.54 Å². The molecule has 0 N–H and O–H groups in total. The average molecular weight is 482 g/mol. The Morgan fingerprint density at radius 3 is 2.61 bits per heavy atom. The van der Waals surface area contributed by atoms with E-state index in [1.165, 1.54) is 18.6 Å². The Labute approximate surface area is 201 Å². The Hall–Kier alpha value is -3.09. The lowest BCUT2D eigenvalue weighted by Crippen LogP contribution is -2.15. The third-order valence-electron chi connectivity index (χ3n) is 5.19. The third kappa shape index (κ3) is 5.13. The van der Waals surface area contributed by atoms with E-state index in [9.17, 15) is 9.59 Å². The van der Waals surface area contributed by atoms with Crippen molar-refractivity contribution in [2.24, 2.45) is 5.92 Å². The monoisotopic (exact) mass is 481 g/mol. The Bertz CT molecular complexity index is 1370. The number of aromatic nitrogens is 1. The molecular formula is C26H24ClNO4S. The van der Waals surface area contributed by atoms with Crippen LogP contribution in [-0.2, 0) is 17.9 Å². The largest absolute Gasteiger partial charge is 0.489 e. The van der Waals surface area contributed by atoms with Gasteiger partial charge in [0.25, 0.3) is 5.56 Å². The SMILES string of the molecule is COC(=O)c1cc(-c2cccc(COc3ccc4c(=O)n(CC(C)C)sc4c3)c2)ccc1Cl. The maximum absolute atomic E-state index is 12.5. The zero-order chi connectivity index (χ0) is 23.5. The zero-order valence-electron chi connectivity index (χ0n) is 18.6. The van der Waals surface area contributed by atoms with Crippen LogP contribution >= 0.6 is 23.1 Å². The fourth-order valence-electron chi connectivity index (χ4n) is 3.57. The van der Waals surface area contributed by atoms with Gasteiger partial charge >= 0.3 is 5.97 Å². The molecule has 0 aliphatic carbocycles. The number of fused-ring (bicyclic) bond motifs is 1. The summed E-state index contributed by atoms with van der Waals surface area (Å²) in [6, 6.07) is 18.8. The molecule has 0 saturated carbocycles. The van der Waals surface area contributed by atoms with Crippen molar-refractivity contribution < 1.29 is 14.3 Å². The van der Waals surface area contributed by atoms with Crippen molar-refractivity contribution in [3.05, 3.63) is 87.2 Å². The van der Waals surface area contributed by atoms with Crippen molar-refractivity contribution in [2.45, 2.75) is 27.0 Å². The van der Waals surface area contributed by atoms with Crippen molar-refractivity contribution in [3.8, 4) is 16.9 Å². The highest BCUT2D eigenvalue weighted by atomic mass is 35.5. The number of nitrogens with zero attached hydrogens (tertiary/aromatic N) is 1. The Balaban J connectivity index is 1.53. The van der Waals surface area contributed by atoms with Gasteiger partial charge in [-0.1, -0.05) is 61.2 Å². The van der Waals surface area contributed by atoms with E-state index in [1.54, 1.807) is 16.1 Å². The molecule has 5 nitrogen and oxygen atoms in total. The van der Waals surface area contributed by atoms with Crippen LogP contribution in [0.1, 0.15) is 29.8 Å². The molecule has 1 heterocycles. The summed E-state index contributed by atoms with van der Waals surface area (Å²) in [5, 5.41) is 1.07. The Kier molecular flexibility index (Phi) is 6.86. The number of hydrogen-bond donors (Lipinski definition) is 0. The lowest BCUT2D eigenvalue weighted by molar-refractivity contribution is 0.0601. The normalized spacial score (nSPS) is 11.2. The fourth-order valence-corrected chi connectivity index (χ4v) is 4.98. The third-order valence-corrected chi connectivity index (χ3v) is 6.59. The number of hydrogen-bond acceptors (Lipinski definition) is 5. The molecular weight excluding hydrogens is 458 g/mol. The first-order valence-electron chi connectivity index (χ1n) is 10.6. The summed E-state index contributed by atoms with van der Waals surface area (Å²) in [4.78, 5) is 24.5. The van der Waals surface area contributed by atoms with Crippen LogP contribution in [0.25, 0.3) is 21.2 Å². The molecule has 0 spiro atoms. The minimum absolute atomic E-state index is 0.0530. The van der Waals surface area contributed by atoms with E-state index in [0.29, 0.717) is 35.4 Å². The van der Waals surface area contributed by atoms with E-state index in [2.05, 4.69) is 13.8 Å². The smallest absolute Gasteiger partial charge is 0.339 e.